The highest BCUT2D eigenvalue weighted by atomic mass is 31.2. The lowest BCUT2D eigenvalue weighted by Gasteiger charge is -2.28. The predicted molar refractivity (Wildman–Crippen MR) is 224 cm³/mol. The van der Waals surface area contributed by atoms with Crippen LogP contribution >= 0.6 is 7.82 Å². The van der Waals surface area contributed by atoms with Crippen LogP contribution in [0.5, 0.6) is 0 Å². The fourth-order valence-corrected chi connectivity index (χ4v) is 6.68. The van der Waals surface area contributed by atoms with Gasteiger partial charge in [0.1, 0.15) is 19.8 Å². The van der Waals surface area contributed by atoms with Gasteiger partial charge in [-0.2, -0.15) is 0 Å². The smallest absolute Gasteiger partial charge is 0.306 e. The Morgan fingerprint density at radius 1 is 0.636 bits per heavy atom. The summed E-state index contributed by atoms with van der Waals surface area (Å²) in [6, 6.07) is 0. The Morgan fingerprint density at radius 2 is 1.11 bits per heavy atom. The third-order valence-corrected chi connectivity index (χ3v) is 10.5. The van der Waals surface area contributed by atoms with Crippen molar-refractivity contribution in [3.05, 3.63) is 24.3 Å². The molecule has 1 N–H and O–H groups in total. The van der Waals surface area contributed by atoms with E-state index in [0.29, 0.717) is 30.3 Å². The van der Waals surface area contributed by atoms with E-state index >= 15 is 0 Å². The van der Waals surface area contributed by atoms with Crippen molar-refractivity contribution >= 4 is 19.8 Å². The Kier molecular flexibility index (Phi) is 35.7. The Hall–Kier alpha value is -1.55. The molecule has 0 radical (unpaired) electrons. The number of phosphoric acid groups is 1. The molecular formula is C44H84NO9P. The highest BCUT2D eigenvalue weighted by molar-refractivity contribution is 7.45. The molecule has 0 aliphatic rings. The van der Waals surface area contributed by atoms with E-state index in [-0.39, 0.29) is 32.2 Å². The number of quaternary nitrogens is 1. The van der Waals surface area contributed by atoms with Gasteiger partial charge in [0.05, 0.1) is 33.9 Å². The summed E-state index contributed by atoms with van der Waals surface area (Å²) in [6.07, 6.45) is 35.0. The third-order valence-electron chi connectivity index (χ3n) is 9.52. The van der Waals surface area contributed by atoms with Gasteiger partial charge in [-0.3, -0.25) is 14.2 Å². The number of carbonyl (C=O) groups excluding carboxylic acids is 2. The molecule has 0 saturated heterocycles. The third kappa shape index (κ3) is 40.4. The molecule has 0 aromatic heterocycles. The average molecular weight is 802 g/mol. The van der Waals surface area contributed by atoms with Crippen LogP contribution in [0.1, 0.15) is 187 Å². The van der Waals surface area contributed by atoms with Gasteiger partial charge < -0.3 is 33.0 Å². The van der Waals surface area contributed by atoms with Crippen LogP contribution in [0.2, 0.25) is 0 Å². The Balaban J connectivity index is 4.42. The molecule has 0 aliphatic heterocycles. The molecule has 0 rings (SSSR count). The van der Waals surface area contributed by atoms with Crippen molar-refractivity contribution in [2.75, 3.05) is 47.5 Å². The van der Waals surface area contributed by atoms with Crippen LogP contribution in [0.25, 0.3) is 0 Å². The molecule has 0 aromatic rings. The molecule has 0 amide bonds. The van der Waals surface area contributed by atoms with Gasteiger partial charge in [0, 0.05) is 12.8 Å². The van der Waals surface area contributed by atoms with Gasteiger partial charge >= 0.3 is 11.9 Å². The second-order valence-electron chi connectivity index (χ2n) is 16.2. The predicted octanol–water partition coefficient (Wildman–Crippen LogP) is 10.7. The zero-order valence-corrected chi connectivity index (χ0v) is 36.9. The second kappa shape index (κ2) is 36.8. The molecule has 0 aliphatic carbocycles. The number of esters is 2. The number of rotatable bonds is 40. The summed E-state index contributed by atoms with van der Waals surface area (Å²) < 4.78 is 33.8. The molecule has 0 bridgehead atoms. The van der Waals surface area contributed by atoms with Crippen LogP contribution in [0.15, 0.2) is 24.3 Å². The summed E-state index contributed by atoms with van der Waals surface area (Å²) in [5.74, 6) is -0.894. The zero-order chi connectivity index (χ0) is 40.9. The van der Waals surface area contributed by atoms with Crippen molar-refractivity contribution in [3.63, 3.8) is 0 Å². The standard InChI is InChI=1S/C44H84NO9P/c1-6-8-10-12-14-15-16-17-18-19-20-21-22-27-31-35-43(47)51-39-42(40-53-55(49,50)52-38-37-45(3,4)5)54-44(48)36-32-28-24-23-26-30-34-41(46)33-29-25-13-11-9-7-2/h17-18,25,29,41-42,46H,6-16,19-24,26-28,30-40H2,1-5H3/b18-17-,29-25+. The van der Waals surface area contributed by atoms with Gasteiger partial charge in [-0.15, -0.1) is 0 Å². The molecule has 324 valence electrons. The van der Waals surface area contributed by atoms with Crippen LogP contribution in [-0.2, 0) is 32.7 Å². The maximum Gasteiger partial charge on any atom is 0.306 e. The monoisotopic (exact) mass is 802 g/mol. The van der Waals surface area contributed by atoms with Gasteiger partial charge in [-0.25, -0.2) is 0 Å². The number of nitrogens with zero attached hydrogens (tertiary/aromatic N) is 1. The molecule has 3 unspecified atom stereocenters. The molecule has 11 heteroatoms. The summed E-state index contributed by atoms with van der Waals surface area (Å²) in [4.78, 5) is 37.5. The largest absolute Gasteiger partial charge is 0.756 e. The van der Waals surface area contributed by atoms with Gasteiger partial charge in [0.2, 0.25) is 0 Å². The second-order valence-corrected chi connectivity index (χ2v) is 17.6. The number of aliphatic hydroxyl groups excluding tert-OH is 1. The number of phosphoric ester groups is 1. The van der Waals surface area contributed by atoms with Crippen molar-refractivity contribution in [2.45, 2.75) is 199 Å². The summed E-state index contributed by atoms with van der Waals surface area (Å²) in [5, 5.41) is 10.2. The summed E-state index contributed by atoms with van der Waals surface area (Å²) >= 11 is 0. The molecule has 0 spiro atoms. The fraction of sp³-hybridized carbons (Fsp3) is 0.864. The summed E-state index contributed by atoms with van der Waals surface area (Å²) in [7, 11) is 1.12. The number of hydrogen-bond acceptors (Lipinski definition) is 9. The number of hydrogen-bond donors (Lipinski definition) is 1. The molecule has 3 atom stereocenters. The number of likely N-dealkylation sites (N-methyl/N-ethyl adjacent to an activating group) is 1. The van der Waals surface area contributed by atoms with Crippen molar-refractivity contribution in [3.8, 4) is 0 Å². The molecule has 0 aromatic carbocycles. The van der Waals surface area contributed by atoms with Crippen LogP contribution in [0.4, 0.5) is 0 Å². The van der Waals surface area contributed by atoms with Crippen molar-refractivity contribution in [1.82, 2.24) is 0 Å². The zero-order valence-electron chi connectivity index (χ0n) is 36.0. The lowest BCUT2D eigenvalue weighted by atomic mass is 10.0. The number of allylic oxidation sites excluding steroid dienone is 3. The first-order chi connectivity index (χ1) is 26.4. The first-order valence-electron chi connectivity index (χ1n) is 22.1. The fourth-order valence-electron chi connectivity index (χ4n) is 5.95. The first-order valence-corrected chi connectivity index (χ1v) is 23.6. The maximum absolute atomic E-state index is 12.7. The van der Waals surface area contributed by atoms with Crippen molar-refractivity contribution < 1.29 is 47.2 Å². The Labute approximate surface area is 337 Å². The molecule has 10 nitrogen and oxygen atoms in total. The Morgan fingerprint density at radius 3 is 1.69 bits per heavy atom. The number of aliphatic hydroxyl groups is 1. The van der Waals surface area contributed by atoms with E-state index in [1.165, 1.54) is 64.2 Å². The summed E-state index contributed by atoms with van der Waals surface area (Å²) in [5.41, 5.74) is 0. The van der Waals surface area contributed by atoms with E-state index in [2.05, 4.69) is 38.2 Å². The van der Waals surface area contributed by atoms with E-state index in [9.17, 15) is 24.2 Å². The number of unbranched alkanes of at least 4 members (excludes halogenated alkanes) is 19. The van der Waals surface area contributed by atoms with Gasteiger partial charge in [-0.1, -0.05) is 134 Å². The van der Waals surface area contributed by atoms with E-state index < -0.39 is 32.5 Å². The minimum Gasteiger partial charge on any atom is -0.756 e. The highest BCUT2D eigenvalue weighted by Crippen LogP contribution is 2.38. The van der Waals surface area contributed by atoms with Gasteiger partial charge in [0.15, 0.2) is 6.10 Å². The first kappa shape index (κ1) is 53.5. The molecule has 0 saturated carbocycles. The van der Waals surface area contributed by atoms with E-state index in [4.69, 9.17) is 18.5 Å². The minimum absolute atomic E-state index is 0.0448. The van der Waals surface area contributed by atoms with E-state index in [0.717, 1.165) is 77.0 Å². The number of carbonyl (C=O) groups is 2. The topological polar surface area (TPSA) is 131 Å². The molecule has 0 fully saturated rings. The van der Waals surface area contributed by atoms with Gasteiger partial charge in [0.25, 0.3) is 7.82 Å². The van der Waals surface area contributed by atoms with Crippen LogP contribution in [0.3, 0.4) is 0 Å². The lowest BCUT2D eigenvalue weighted by Crippen LogP contribution is -2.37. The molecular weight excluding hydrogens is 717 g/mol. The highest BCUT2D eigenvalue weighted by Gasteiger charge is 2.21. The normalized spacial score (nSPS) is 14.4. The summed E-state index contributed by atoms with van der Waals surface area (Å²) in [6.45, 7) is 4.09. The van der Waals surface area contributed by atoms with Crippen LogP contribution in [0, 0.1) is 0 Å². The lowest BCUT2D eigenvalue weighted by molar-refractivity contribution is -0.870. The van der Waals surface area contributed by atoms with Crippen LogP contribution in [-0.4, -0.2) is 81.2 Å². The van der Waals surface area contributed by atoms with Crippen molar-refractivity contribution in [1.29, 1.82) is 0 Å². The SMILES string of the molecule is CCCCC/C=C/CC(O)CCCCCCCCC(=O)OC(COC(=O)CCCCCCC/C=C\CCCCCCCC)COP(=O)([O-])OCC[N+](C)(C)C. The Bertz CT molecular complexity index is 1010. The van der Waals surface area contributed by atoms with Crippen LogP contribution < -0.4 is 4.89 Å². The number of ether oxygens (including phenoxy) is 2. The van der Waals surface area contributed by atoms with Gasteiger partial charge in [-0.05, 0) is 64.2 Å². The molecule has 55 heavy (non-hydrogen) atoms. The van der Waals surface area contributed by atoms with E-state index in [1.54, 1.807) is 0 Å². The van der Waals surface area contributed by atoms with E-state index in [1.807, 2.05) is 21.1 Å². The minimum atomic E-state index is -4.64. The molecule has 0 heterocycles. The quantitative estimate of drug-likeness (QED) is 0.0211. The average Bonchev–Trinajstić information content (AvgIpc) is 3.13. The maximum atomic E-state index is 12.7. The van der Waals surface area contributed by atoms with Crippen molar-refractivity contribution in [2.24, 2.45) is 0 Å².